The number of benzene rings is 1. The van der Waals surface area contributed by atoms with E-state index in [4.69, 9.17) is 4.74 Å². The van der Waals surface area contributed by atoms with Crippen LogP contribution < -0.4 is 0 Å². The van der Waals surface area contributed by atoms with E-state index in [1.165, 1.54) is 11.4 Å². The number of hydrogen-bond donors (Lipinski definition) is 0. The fourth-order valence-electron chi connectivity index (χ4n) is 1.44. The van der Waals surface area contributed by atoms with Gasteiger partial charge in [0.15, 0.2) is 0 Å². The van der Waals surface area contributed by atoms with E-state index in [1.54, 1.807) is 30.3 Å². The fraction of sp³-hybridized carbons (Fsp3) is 0.333. The first kappa shape index (κ1) is 15.4. The molecule has 18 heavy (non-hydrogen) atoms. The van der Waals surface area contributed by atoms with Gasteiger partial charge in [-0.3, -0.25) is 0 Å². The molecule has 0 N–H and O–H groups in total. The Morgan fingerprint density at radius 3 is 2.67 bits per heavy atom. The van der Waals surface area contributed by atoms with Crippen LogP contribution in [0.4, 0.5) is 0 Å². The number of ether oxygens (including phenoxy) is 1. The number of sulfonamides is 1. The van der Waals surface area contributed by atoms with Crippen LogP contribution in [-0.2, 0) is 14.8 Å². The third kappa shape index (κ3) is 3.65. The topological polar surface area (TPSA) is 46.6 Å². The first-order valence-corrected chi connectivity index (χ1v) is 7.62. The van der Waals surface area contributed by atoms with E-state index in [0.717, 1.165) is 0 Å². The molecule has 1 rings (SSSR count). The summed E-state index contributed by atoms with van der Waals surface area (Å²) < 4.78 is 31.7. The van der Waals surface area contributed by atoms with Crippen LogP contribution in [0, 0.1) is 0 Å². The number of methoxy groups -OCH3 is 1. The minimum Gasteiger partial charge on any atom is -0.383 e. The summed E-state index contributed by atoms with van der Waals surface area (Å²) in [5, 5.41) is 0. The van der Waals surface area contributed by atoms with Crippen molar-refractivity contribution in [1.29, 1.82) is 0 Å². The van der Waals surface area contributed by atoms with Gasteiger partial charge in [-0.05, 0) is 28.1 Å². The number of rotatable bonds is 7. The van der Waals surface area contributed by atoms with Gasteiger partial charge in [-0.1, -0.05) is 18.2 Å². The molecule has 4 nitrogen and oxygen atoms in total. The summed E-state index contributed by atoms with van der Waals surface area (Å²) in [7, 11) is -1.99. The van der Waals surface area contributed by atoms with Gasteiger partial charge in [0, 0.05) is 24.7 Å². The molecule has 0 bridgehead atoms. The lowest BCUT2D eigenvalue weighted by atomic mass is 10.4. The first-order chi connectivity index (χ1) is 8.54. The maximum Gasteiger partial charge on any atom is 0.244 e. The highest BCUT2D eigenvalue weighted by atomic mass is 79.9. The molecule has 0 aliphatic carbocycles. The van der Waals surface area contributed by atoms with Gasteiger partial charge in [0.05, 0.1) is 11.5 Å². The molecule has 6 heteroatoms. The Hall–Kier alpha value is -0.690. The molecule has 0 fully saturated rings. The summed E-state index contributed by atoms with van der Waals surface area (Å²) in [6.07, 6.45) is 1.56. The van der Waals surface area contributed by atoms with Crippen LogP contribution >= 0.6 is 15.9 Å². The average Bonchev–Trinajstić information content (AvgIpc) is 2.34. The standard InChI is InChI=1S/C12H16BrNO3S/c1-3-8-14(9-10-17-2)18(15,16)12-7-5-4-6-11(12)13/h3-7H,1,8-10H2,2H3. The zero-order valence-electron chi connectivity index (χ0n) is 10.2. The van der Waals surface area contributed by atoms with Crippen molar-refractivity contribution in [2.75, 3.05) is 26.8 Å². The van der Waals surface area contributed by atoms with Gasteiger partial charge < -0.3 is 4.74 Å². The Morgan fingerprint density at radius 1 is 1.44 bits per heavy atom. The summed E-state index contributed by atoms with van der Waals surface area (Å²) >= 11 is 3.26. The predicted octanol–water partition coefficient (Wildman–Crippen LogP) is 2.27. The smallest absolute Gasteiger partial charge is 0.244 e. The van der Waals surface area contributed by atoms with E-state index >= 15 is 0 Å². The van der Waals surface area contributed by atoms with Crippen molar-refractivity contribution < 1.29 is 13.2 Å². The molecule has 0 amide bonds. The van der Waals surface area contributed by atoms with Crippen LogP contribution in [0.5, 0.6) is 0 Å². The molecule has 0 saturated carbocycles. The van der Waals surface area contributed by atoms with Crippen molar-refractivity contribution in [3.8, 4) is 0 Å². The highest BCUT2D eigenvalue weighted by Crippen LogP contribution is 2.24. The molecular formula is C12H16BrNO3S. The third-order valence-corrected chi connectivity index (χ3v) is 5.21. The van der Waals surface area contributed by atoms with Crippen molar-refractivity contribution in [2.24, 2.45) is 0 Å². The summed E-state index contributed by atoms with van der Waals surface area (Å²) in [5.41, 5.74) is 0. The van der Waals surface area contributed by atoms with Crippen molar-refractivity contribution in [1.82, 2.24) is 4.31 Å². The van der Waals surface area contributed by atoms with Crippen LogP contribution in [0.15, 0.2) is 46.3 Å². The van der Waals surface area contributed by atoms with Gasteiger partial charge >= 0.3 is 0 Å². The molecule has 0 aliphatic heterocycles. The molecule has 100 valence electrons. The second-order valence-electron chi connectivity index (χ2n) is 3.57. The molecule has 0 radical (unpaired) electrons. The Balaban J connectivity index is 3.08. The number of hydrogen-bond acceptors (Lipinski definition) is 3. The minimum absolute atomic E-state index is 0.253. The third-order valence-electron chi connectivity index (χ3n) is 2.33. The van der Waals surface area contributed by atoms with Crippen molar-refractivity contribution >= 4 is 26.0 Å². The largest absolute Gasteiger partial charge is 0.383 e. The zero-order valence-corrected chi connectivity index (χ0v) is 12.6. The molecule has 0 aromatic heterocycles. The first-order valence-electron chi connectivity index (χ1n) is 5.38. The molecule has 1 aromatic rings. The average molecular weight is 334 g/mol. The monoisotopic (exact) mass is 333 g/mol. The van der Waals surface area contributed by atoms with Crippen LogP contribution in [0.25, 0.3) is 0 Å². The van der Waals surface area contributed by atoms with E-state index < -0.39 is 10.0 Å². The Morgan fingerprint density at radius 2 is 2.11 bits per heavy atom. The SMILES string of the molecule is C=CCN(CCOC)S(=O)(=O)c1ccccc1Br. The van der Waals surface area contributed by atoms with Crippen LogP contribution in [0.2, 0.25) is 0 Å². The summed E-state index contributed by atoms with van der Waals surface area (Å²) in [6, 6.07) is 6.74. The Labute approximate surface area is 116 Å². The van der Waals surface area contributed by atoms with E-state index in [1.807, 2.05) is 0 Å². The van der Waals surface area contributed by atoms with Gasteiger partial charge in [-0.2, -0.15) is 4.31 Å². The lowest BCUT2D eigenvalue weighted by Gasteiger charge is -2.20. The van der Waals surface area contributed by atoms with Gasteiger partial charge in [-0.25, -0.2) is 8.42 Å². The number of nitrogens with zero attached hydrogens (tertiary/aromatic N) is 1. The number of halogens is 1. The Bertz CT molecular complexity index is 502. The minimum atomic E-state index is -3.53. The van der Waals surface area contributed by atoms with Crippen molar-refractivity contribution in [3.63, 3.8) is 0 Å². The van der Waals surface area contributed by atoms with Crippen LogP contribution in [0.3, 0.4) is 0 Å². The molecule has 0 atom stereocenters. The van der Waals surface area contributed by atoms with Crippen LogP contribution in [0.1, 0.15) is 0 Å². The fourth-order valence-corrected chi connectivity index (χ4v) is 3.80. The maximum atomic E-state index is 12.4. The van der Waals surface area contributed by atoms with E-state index in [9.17, 15) is 8.42 Å². The molecule has 0 unspecified atom stereocenters. The summed E-state index contributed by atoms with van der Waals surface area (Å²) in [4.78, 5) is 0.253. The highest BCUT2D eigenvalue weighted by Gasteiger charge is 2.24. The van der Waals surface area contributed by atoms with Crippen LogP contribution in [-0.4, -0.2) is 39.5 Å². The molecule has 0 heterocycles. The molecule has 1 aromatic carbocycles. The molecule has 0 aliphatic rings. The van der Waals surface area contributed by atoms with E-state index in [0.29, 0.717) is 17.6 Å². The quantitative estimate of drug-likeness (QED) is 0.719. The Kier molecular flexibility index (Phi) is 6.01. The zero-order chi connectivity index (χ0) is 13.6. The normalized spacial score (nSPS) is 11.7. The van der Waals surface area contributed by atoms with E-state index in [2.05, 4.69) is 22.5 Å². The van der Waals surface area contributed by atoms with Crippen molar-refractivity contribution in [2.45, 2.75) is 4.90 Å². The van der Waals surface area contributed by atoms with Crippen molar-refractivity contribution in [3.05, 3.63) is 41.4 Å². The van der Waals surface area contributed by atoms with E-state index in [-0.39, 0.29) is 11.4 Å². The summed E-state index contributed by atoms with van der Waals surface area (Å²) in [6.45, 7) is 4.48. The molecule has 0 spiro atoms. The summed E-state index contributed by atoms with van der Waals surface area (Å²) in [5.74, 6) is 0. The molecule has 0 saturated heterocycles. The molecular weight excluding hydrogens is 318 g/mol. The maximum absolute atomic E-state index is 12.4. The lowest BCUT2D eigenvalue weighted by molar-refractivity contribution is 0.182. The van der Waals surface area contributed by atoms with Gasteiger partial charge in [-0.15, -0.1) is 6.58 Å². The lowest BCUT2D eigenvalue weighted by Crippen LogP contribution is -2.34. The predicted molar refractivity (Wildman–Crippen MR) is 75.0 cm³/mol. The van der Waals surface area contributed by atoms with Gasteiger partial charge in [0.2, 0.25) is 10.0 Å². The van der Waals surface area contributed by atoms with Gasteiger partial charge in [0.25, 0.3) is 0 Å². The second-order valence-corrected chi connectivity index (χ2v) is 6.34. The second kappa shape index (κ2) is 7.04. The van der Waals surface area contributed by atoms with Gasteiger partial charge in [0.1, 0.15) is 0 Å². The highest BCUT2D eigenvalue weighted by molar-refractivity contribution is 9.10.